The highest BCUT2D eigenvalue weighted by molar-refractivity contribution is 5.82. The van der Waals surface area contributed by atoms with E-state index in [1.165, 1.54) is 10.9 Å². The minimum absolute atomic E-state index is 0.0863. The quantitative estimate of drug-likeness (QED) is 0.536. The predicted molar refractivity (Wildman–Crippen MR) is 79.3 cm³/mol. The van der Waals surface area contributed by atoms with E-state index in [1.807, 2.05) is 5.32 Å². The van der Waals surface area contributed by atoms with E-state index >= 15 is 0 Å². The van der Waals surface area contributed by atoms with Gasteiger partial charge >= 0.3 is 6.18 Å². The van der Waals surface area contributed by atoms with Crippen LogP contribution in [0.5, 0.6) is 0 Å². The lowest BCUT2D eigenvalue weighted by Gasteiger charge is -2.16. The van der Waals surface area contributed by atoms with Crippen molar-refractivity contribution in [3.63, 3.8) is 0 Å². The molecule has 2 aromatic rings. The fourth-order valence-corrected chi connectivity index (χ4v) is 2.59. The molecule has 1 saturated heterocycles. The number of aliphatic hydroxyl groups is 2. The predicted octanol–water partition coefficient (Wildman–Crippen LogP) is -0.904. The molecule has 13 heteroatoms. The molecule has 0 aliphatic carbocycles. The molecular formula is C13H15F3N6O4. The number of aliphatic hydroxyl groups excluding tert-OH is 2. The lowest BCUT2D eigenvalue weighted by atomic mass is 10.1. The number of imidazole rings is 1. The second kappa shape index (κ2) is 6.66. The molecule has 0 aromatic carbocycles. The second-order valence-electron chi connectivity index (χ2n) is 5.67. The Bertz CT molecular complexity index is 813. The summed E-state index contributed by atoms with van der Waals surface area (Å²) in [5.74, 6) is -0.884. The van der Waals surface area contributed by atoms with Gasteiger partial charge in [0.1, 0.15) is 24.1 Å². The summed E-state index contributed by atoms with van der Waals surface area (Å²) in [5.41, 5.74) is 6.09. The smallest absolute Gasteiger partial charge is 0.387 e. The van der Waals surface area contributed by atoms with Crippen LogP contribution in [0.3, 0.4) is 0 Å². The number of carbonyl (C=O) groups excluding carboxylic acids is 1. The Morgan fingerprint density at radius 1 is 1.31 bits per heavy atom. The van der Waals surface area contributed by atoms with E-state index in [2.05, 4.69) is 15.0 Å². The van der Waals surface area contributed by atoms with Crippen molar-refractivity contribution in [1.29, 1.82) is 0 Å². The third kappa shape index (κ3) is 3.40. The lowest BCUT2D eigenvalue weighted by molar-refractivity contribution is -0.142. The molecule has 26 heavy (non-hydrogen) atoms. The minimum Gasteiger partial charge on any atom is -0.387 e. The fourth-order valence-electron chi connectivity index (χ4n) is 2.59. The molecule has 2 aromatic heterocycles. The zero-order chi connectivity index (χ0) is 19.1. The standard InChI is InChI=1S/C13H15F3N6O4/c14-13(15,16)1-2-18-11(25)8-6(23)7(24)12(26-8)22-4-21-5-9(17)19-3-20-10(5)22/h3-4,6-8,12,23-24H,1-2H2,(H,18,25)(H2,17,19,20)/t6-,7+,8-,12+/m0/s1. The molecule has 142 valence electrons. The van der Waals surface area contributed by atoms with E-state index in [1.54, 1.807) is 0 Å². The number of nitrogen functional groups attached to an aromatic ring is 1. The second-order valence-corrected chi connectivity index (χ2v) is 5.67. The monoisotopic (exact) mass is 376 g/mol. The number of amides is 1. The largest absolute Gasteiger partial charge is 0.390 e. The Morgan fingerprint density at radius 3 is 2.73 bits per heavy atom. The Kier molecular flexibility index (Phi) is 4.68. The van der Waals surface area contributed by atoms with Gasteiger partial charge in [-0.3, -0.25) is 9.36 Å². The van der Waals surface area contributed by atoms with Gasteiger partial charge in [-0.25, -0.2) is 15.0 Å². The van der Waals surface area contributed by atoms with Crippen LogP contribution in [0.4, 0.5) is 19.0 Å². The summed E-state index contributed by atoms with van der Waals surface area (Å²) in [7, 11) is 0. The summed E-state index contributed by atoms with van der Waals surface area (Å²) in [5, 5.41) is 22.2. The van der Waals surface area contributed by atoms with Crippen LogP contribution in [0.15, 0.2) is 12.7 Å². The van der Waals surface area contributed by atoms with Gasteiger partial charge in [-0.1, -0.05) is 0 Å². The van der Waals surface area contributed by atoms with Gasteiger partial charge in [-0.2, -0.15) is 13.2 Å². The summed E-state index contributed by atoms with van der Waals surface area (Å²) in [4.78, 5) is 23.7. The minimum atomic E-state index is -4.43. The van der Waals surface area contributed by atoms with Gasteiger partial charge < -0.3 is 26.0 Å². The van der Waals surface area contributed by atoms with E-state index in [0.717, 1.165) is 6.33 Å². The van der Waals surface area contributed by atoms with Gasteiger partial charge in [0, 0.05) is 6.54 Å². The third-order valence-corrected chi connectivity index (χ3v) is 3.87. The van der Waals surface area contributed by atoms with Crippen molar-refractivity contribution in [1.82, 2.24) is 24.8 Å². The molecule has 1 aliphatic heterocycles. The Labute approximate surface area is 143 Å². The van der Waals surface area contributed by atoms with E-state index in [-0.39, 0.29) is 17.0 Å². The zero-order valence-corrected chi connectivity index (χ0v) is 13.1. The van der Waals surface area contributed by atoms with E-state index in [4.69, 9.17) is 10.5 Å². The number of halogens is 3. The van der Waals surface area contributed by atoms with Crippen LogP contribution in [0.1, 0.15) is 12.6 Å². The number of hydrogen-bond donors (Lipinski definition) is 4. The number of nitrogens with two attached hydrogens (primary N) is 1. The maximum atomic E-state index is 12.1. The lowest BCUT2D eigenvalue weighted by Crippen LogP contribution is -2.43. The number of alkyl halides is 3. The third-order valence-electron chi connectivity index (χ3n) is 3.87. The number of carbonyl (C=O) groups is 1. The van der Waals surface area contributed by atoms with Gasteiger partial charge in [0.2, 0.25) is 0 Å². The number of rotatable bonds is 4. The fraction of sp³-hybridized carbons (Fsp3) is 0.538. The van der Waals surface area contributed by atoms with Crippen LogP contribution in [0, 0.1) is 0 Å². The topological polar surface area (TPSA) is 148 Å². The highest BCUT2D eigenvalue weighted by Crippen LogP contribution is 2.32. The molecule has 0 spiro atoms. The van der Waals surface area contributed by atoms with Gasteiger partial charge in [-0.15, -0.1) is 0 Å². The van der Waals surface area contributed by atoms with Crippen molar-refractivity contribution in [3.05, 3.63) is 12.7 Å². The molecule has 0 bridgehead atoms. The van der Waals surface area contributed by atoms with Crippen molar-refractivity contribution in [2.45, 2.75) is 37.1 Å². The van der Waals surface area contributed by atoms with Crippen LogP contribution in [-0.2, 0) is 9.53 Å². The van der Waals surface area contributed by atoms with Crippen LogP contribution < -0.4 is 11.1 Å². The molecule has 10 nitrogen and oxygen atoms in total. The maximum absolute atomic E-state index is 12.1. The van der Waals surface area contributed by atoms with Gasteiger partial charge in [0.05, 0.1) is 12.7 Å². The van der Waals surface area contributed by atoms with Crippen LogP contribution in [-0.4, -0.2) is 66.7 Å². The molecule has 0 unspecified atom stereocenters. The summed E-state index contributed by atoms with van der Waals surface area (Å²) in [6.07, 6.45) is -9.24. The normalized spacial score (nSPS) is 26.3. The molecule has 1 fully saturated rings. The number of hydrogen-bond acceptors (Lipinski definition) is 8. The molecule has 1 aliphatic rings. The number of aromatic nitrogens is 4. The van der Waals surface area contributed by atoms with Crippen molar-refractivity contribution in [2.24, 2.45) is 0 Å². The number of ether oxygens (including phenoxy) is 1. The van der Waals surface area contributed by atoms with Crippen molar-refractivity contribution >= 4 is 22.9 Å². The average molecular weight is 376 g/mol. The van der Waals surface area contributed by atoms with Crippen LogP contribution in [0.25, 0.3) is 11.2 Å². The summed E-state index contributed by atoms with van der Waals surface area (Å²) >= 11 is 0. The summed E-state index contributed by atoms with van der Waals surface area (Å²) in [6.45, 7) is -0.673. The molecule has 0 radical (unpaired) electrons. The molecule has 5 N–H and O–H groups in total. The van der Waals surface area contributed by atoms with Gasteiger partial charge in [0.15, 0.2) is 23.8 Å². The number of nitrogens with one attached hydrogen (secondary N) is 1. The number of nitrogens with zero attached hydrogens (tertiary/aromatic N) is 4. The molecule has 0 saturated carbocycles. The number of fused-ring (bicyclic) bond motifs is 1. The Hall–Kier alpha value is -2.51. The van der Waals surface area contributed by atoms with Crippen molar-refractivity contribution in [2.75, 3.05) is 12.3 Å². The first-order valence-corrected chi connectivity index (χ1v) is 7.48. The van der Waals surface area contributed by atoms with Crippen molar-refractivity contribution < 1.29 is 32.9 Å². The van der Waals surface area contributed by atoms with E-state index < -0.39 is 49.6 Å². The Morgan fingerprint density at radius 2 is 2.04 bits per heavy atom. The number of anilines is 1. The zero-order valence-electron chi connectivity index (χ0n) is 13.1. The maximum Gasteiger partial charge on any atom is 0.390 e. The van der Waals surface area contributed by atoms with Crippen LogP contribution >= 0.6 is 0 Å². The first kappa shape index (κ1) is 18.3. The SMILES string of the molecule is Nc1ncnc2c1ncn2[C@@H]1O[C@H](C(=O)NCCC(F)(F)F)[C@@H](O)[C@H]1O. The highest BCUT2D eigenvalue weighted by Gasteiger charge is 2.47. The van der Waals surface area contributed by atoms with Gasteiger partial charge in [-0.05, 0) is 0 Å². The highest BCUT2D eigenvalue weighted by atomic mass is 19.4. The molecule has 3 heterocycles. The van der Waals surface area contributed by atoms with E-state index in [9.17, 15) is 28.2 Å². The molecule has 3 rings (SSSR count). The summed E-state index contributed by atoms with van der Waals surface area (Å²) < 4.78 is 43.0. The van der Waals surface area contributed by atoms with E-state index in [0.29, 0.717) is 0 Å². The summed E-state index contributed by atoms with van der Waals surface area (Å²) in [6, 6.07) is 0. The van der Waals surface area contributed by atoms with Gasteiger partial charge in [0.25, 0.3) is 5.91 Å². The first-order chi connectivity index (χ1) is 12.2. The average Bonchev–Trinajstić information content (AvgIpc) is 3.10. The van der Waals surface area contributed by atoms with Crippen molar-refractivity contribution in [3.8, 4) is 0 Å². The Balaban J connectivity index is 1.75. The molecular weight excluding hydrogens is 361 g/mol. The first-order valence-electron chi connectivity index (χ1n) is 7.48. The molecule has 1 amide bonds. The van der Waals surface area contributed by atoms with Crippen LogP contribution in [0.2, 0.25) is 0 Å². The molecule has 4 atom stereocenters.